The van der Waals surface area contributed by atoms with Crippen molar-refractivity contribution in [1.29, 1.82) is 0 Å². The van der Waals surface area contributed by atoms with E-state index in [0.717, 1.165) is 18.8 Å². The lowest BCUT2D eigenvalue weighted by atomic mass is 9.99. The summed E-state index contributed by atoms with van der Waals surface area (Å²) in [6.07, 6.45) is 4.86. The van der Waals surface area contributed by atoms with Crippen LogP contribution in [0.15, 0.2) is 0 Å². The van der Waals surface area contributed by atoms with Crippen LogP contribution in [0.2, 0.25) is 0 Å². The average Bonchev–Trinajstić information content (AvgIpc) is 2.24. The molecule has 0 aliphatic carbocycles. The number of carbonyl (C=O) groups is 1. The van der Waals surface area contributed by atoms with Crippen LogP contribution in [0.4, 0.5) is 0 Å². The smallest absolute Gasteiger partial charge is 0.308 e. The Balaban J connectivity index is 3.43. The van der Waals surface area contributed by atoms with Gasteiger partial charge in [-0.1, -0.05) is 39.5 Å². The third-order valence-electron chi connectivity index (χ3n) is 2.89. The van der Waals surface area contributed by atoms with Crippen LogP contribution in [0.3, 0.4) is 0 Å². The number of ether oxygens (including phenoxy) is 1. The monoisotopic (exact) mass is 230 g/mol. The van der Waals surface area contributed by atoms with Gasteiger partial charge in [-0.3, -0.25) is 4.79 Å². The van der Waals surface area contributed by atoms with E-state index in [1.54, 1.807) is 6.92 Å². The van der Waals surface area contributed by atoms with E-state index >= 15 is 0 Å². The van der Waals surface area contributed by atoms with Crippen LogP contribution in [0.5, 0.6) is 0 Å². The highest BCUT2D eigenvalue weighted by Gasteiger charge is 2.11. The predicted octanol–water partition coefficient (Wildman–Crippen LogP) is 2.91. The van der Waals surface area contributed by atoms with E-state index in [-0.39, 0.29) is 12.4 Å². The zero-order valence-corrected chi connectivity index (χ0v) is 10.9. The summed E-state index contributed by atoms with van der Waals surface area (Å²) < 4.78 is 4.78. The normalized spacial score (nSPS) is 14.5. The maximum atomic E-state index is 11.1. The zero-order chi connectivity index (χ0) is 12.4. The van der Waals surface area contributed by atoms with Crippen molar-refractivity contribution in [3.05, 3.63) is 0 Å². The van der Waals surface area contributed by atoms with E-state index in [2.05, 4.69) is 13.8 Å². The number of aliphatic hydroxyl groups excluding tert-OH is 1. The maximum Gasteiger partial charge on any atom is 0.308 e. The minimum atomic E-state index is -0.531. The van der Waals surface area contributed by atoms with Crippen LogP contribution in [0.25, 0.3) is 0 Å². The van der Waals surface area contributed by atoms with Crippen LogP contribution < -0.4 is 0 Å². The van der Waals surface area contributed by atoms with Crippen LogP contribution in [0.1, 0.15) is 59.3 Å². The van der Waals surface area contributed by atoms with Crippen molar-refractivity contribution in [3.8, 4) is 0 Å². The molecule has 0 spiro atoms. The van der Waals surface area contributed by atoms with Crippen LogP contribution in [0, 0.1) is 5.92 Å². The van der Waals surface area contributed by atoms with Gasteiger partial charge in [-0.15, -0.1) is 0 Å². The molecule has 0 aromatic carbocycles. The second kappa shape index (κ2) is 9.64. The average molecular weight is 230 g/mol. The number of esters is 1. The molecule has 0 saturated carbocycles. The molecular formula is C13H26O3. The molecule has 0 amide bonds. The Morgan fingerprint density at radius 2 is 1.88 bits per heavy atom. The summed E-state index contributed by atoms with van der Waals surface area (Å²) in [7, 11) is 0. The van der Waals surface area contributed by atoms with Gasteiger partial charge in [0.25, 0.3) is 0 Å². The van der Waals surface area contributed by atoms with Gasteiger partial charge in [0, 0.05) is 0 Å². The van der Waals surface area contributed by atoms with Crippen molar-refractivity contribution in [3.63, 3.8) is 0 Å². The fraction of sp³-hybridized carbons (Fsp3) is 0.923. The quantitative estimate of drug-likeness (QED) is 0.489. The summed E-state index contributed by atoms with van der Waals surface area (Å²) in [5, 5.41) is 9.57. The molecule has 0 aliphatic heterocycles. The second-order valence-electron chi connectivity index (χ2n) is 4.46. The maximum absolute atomic E-state index is 11.1. The SMILES string of the molecule is CCOC(=O)CC(O)CCCC[C@@H](C)CC. The Morgan fingerprint density at radius 3 is 2.44 bits per heavy atom. The van der Waals surface area contributed by atoms with Crippen molar-refractivity contribution < 1.29 is 14.6 Å². The van der Waals surface area contributed by atoms with Gasteiger partial charge in [-0.2, -0.15) is 0 Å². The van der Waals surface area contributed by atoms with E-state index in [9.17, 15) is 9.90 Å². The molecular weight excluding hydrogens is 204 g/mol. The fourth-order valence-corrected chi connectivity index (χ4v) is 1.59. The van der Waals surface area contributed by atoms with E-state index < -0.39 is 6.10 Å². The largest absolute Gasteiger partial charge is 0.466 e. The summed E-state index contributed by atoms with van der Waals surface area (Å²) in [4.78, 5) is 11.1. The van der Waals surface area contributed by atoms with Crippen LogP contribution >= 0.6 is 0 Å². The van der Waals surface area contributed by atoms with Gasteiger partial charge in [0.15, 0.2) is 0 Å². The zero-order valence-electron chi connectivity index (χ0n) is 10.9. The molecule has 96 valence electrons. The molecule has 0 rings (SSSR count). The number of carbonyl (C=O) groups excluding carboxylic acids is 1. The molecule has 1 N–H and O–H groups in total. The summed E-state index contributed by atoms with van der Waals surface area (Å²) in [6, 6.07) is 0. The standard InChI is InChI=1S/C13H26O3/c1-4-11(3)8-6-7-9-12(14)10-13(15)16-5-2/h11-12,14H,4-10H2,1-3H3/t11-,12?/m0/s1. The Morgan fingerprint density at radius 1 is 1.25 bits per heavy atom. The minimum Gasteiger partial charge on any atom is -0.466 e. The first kappa shape index (κ1) is 15.4. The number of hydrogen-bond donors (Lipinski definition) is 1. The third-order valence-corrected chi connectivity index (χ3v) is 2.89. The molecule has 0 fully saturated rings. The fourth-order valence-electron chi connectivity index (χ4n) is 1.59. The molecule has 3 nitrogen and oxygen atoms in total. The molecule has 16 heavy (non-hydrogen) atoms. The van der Waals surface area contributed by atoms with Crippen LogP contribution in [-0.2, 0) is 9.53 Å². The molecule has 0 aromatic heterocycles. The van der Waals surface area contributed by atoms with Crippen molar-refractivity contribution in [1.82, 2.24) is 0 Å². The first-order valence-corrected chi connectivity index (χ1v) is 6.43. The Bertz CT molecular complexity index is 180. The van der Waals surface area contributed by atoms with Crippen molar-refractivity contribution in [2.75, 3.05) is 6.61 Å². The highest BCUT2D eigenvalue weighted by Crippen LogP contribution is 2.14. The molecule has 0 saturated heterocycles. The van der Waals surface area contributed by atoms with Gasteiger partial charge >= 0.3 is 5.97 Å². The molecule has 0 radical (unpaired) electrons. The minimum absolute atomic E-state index is 0.136. The predicted molar refractivity (Wildman–Crippen MR) is 65.2 cm³/mol. The van der Waals surface area contributed by atoms with E-state index in [1.165, 1.54) is 12.8 Å². The number of aliphatic hydroxyl groups is 1. The molecule has 1 unspecified atom stereocenters. The van der Waals surface area contributed by atoms with E-state index in [0.29, 0.717) is 13.0 Å². The summed E-state index contributed by atoms with van der Waals surface area (Å²) in [5.41, 5.74) is 0. The van der Waals surface area contributed by atoms with Gasteiger partial charge < -0.3 is 9.84 Å². The van der Waals surface area contributed by atoms with Crippen molar-refractivity contribution >= 4 is 5.97 Å². The number of hydrogen-bond acceptors (Lipinski definition) is 3. The van der Waals surface area contributed by atoms with Gasteiger partial charge in [-0.25, -0.2) is 0 Å². The Kier molecular flexibility index (Phi) is 9.30. The van der Waals surface area contributed by atoms with E-state index in [4.69, 9.17) is 4.74 Å². The molecule has 0 aromatic rings. The summed E-state index contributed by atoms with van der Waals surface area (Å²) in [6.45, 7) is 6.60. The molecule has 0 bridgehead atoms. The molecule has 2 atom stereocenters. The van der Waals surface area contributed by atoms with Gasteiger partial charge in [0.05, 0.1) is 19.1 Å². The molecule has 0 heterocycles. The molecule has 3 heteroatoms. The second-order valence-corrected chi connectivity index (χ2v) is 4.46. The number of rotatable bonds is 9. The lowest BCUT2D eigenvalue weighted by Crippen LogP contribution is -2.15. The van der Waals surface area contributed by atoms with Gasteiger partial charge in [0.2, 0.25) is 0 Å². The highest BCUT2D eigenvalue weighted by molar-refractivity contribution is 5.69. The van der Waals surface area contributed by atoms with Crippen LogP contribution in [-0.4, -0.2) is 23.8 Å². The Labute approximate surface area is 99.2 Å². The van der Waals surface area contributed by atoms with Gasteiger partial charge in [-0.05, 0) is 19.3 Å². The Hall–Kier alpha value is -0.570. The molecule has 0 aliphatic rings. The lowest BCUT2D eigenvalue weighted by Gasteiger charge is -2.11. The van der Waals surface area contributed by atoms with Crippen molar-refractivity contribution in [2.24, 2.45) is 5.92 Å². The first-order chi connectivity index (χ1) is 7.60. The summed E-state index contributed by atoms with van der Waals surface area (Å²) in [5.74, 6) is 0.471. The number of unbranched alkanes of at least 4 members (excludes halogenated alkanes) is 1. The van der Waals surface area contributed by atoms with Crippen molar-refractivity contribution in [2.45, 2.75) is 65.4 Å². The topological polar surface area (TPSA) is 46.5 Å². The third kappa shape index (κ3) is 8.72. The first-order valence-electron chi connectivity index (χ1n) is 6.43. The highest BCUT2D eigenvalue weighted by atomic mass is 16.5. The lowest BCUT2D eigenvalue weighted by molar-refractivity contribution is -0.145. The van der Waals surface area contributed by atoms with Gasteiger partial charge in [0.1, 0.15) is 0 Å². The van der Waals surface area contributed by atoms with E-state index in [1.807, 2.05) is 0 Å². The summed E-state index contributed by atoms with van der Waals surface area (Å²) >= 11 is 0.